The maximum atomic E-state index is 12.6. The minimum atomic E-state index is -0.516. The predicted octanol–water partition coefficient (Wildman–Crippen LogP) is 7.67. The lowest BCUT2D eigenvalue weighted by Gasteiger charge is -2.11. The standard InChI is InChI=1S/C26H21BrCl2N2O3/c1-16(2)34-22-5-3-4-21(13-22)31-26(32)19(14-30)10-17-6-9-25(23(27)11-17)33-15-18-7-8-20(28)12-24(18)29/h3-13,16H,15H2,1-2H3,(H,31,32)/b19-10-. The van der Waals surface area contributed by atoms with Crippen molar-refractivity contribution in [3.63, 3.8) is 0 Å². The van der Waals surface area contributed by atoms with E-state index in [-0.39, 0.29) is 18.3 Å². The van der Waals surface area contributed by atoms with Crippen LogP contribution in [0.3, 0.4) is 0 Å². The zero-order chi connectivity index (χ0) is 24.7. The molecular weight excluding hydrogens is 539 g/mol. The summed E-state index contributed by atoms with van der Waals surface area (Å²) in [5.74, 6) is 0.709. The highest BCUT2D eigenvalue weighted by molar-refractivity contribution is 9.10. The highest BCUT2D eigenvalue weighted by atomic mass is 79.9. The molecule has 0 bridgehead atoms. The number of amides is 1. The summed E-state index contributed by atoms with van der Waals surface area (Å²) in [5.41, 5.74) is 1.96. The van der Waals surface area contributed by atoms with Gasteiger partial charge in [-0.1, -0.05) is 41.4 Å². The molecule has 0 atom stereocenters. The summed E-state index contributed by atoms with van der Waals surface area (Å²) in [6, 6.07) is 19.5. The van der Waals surface area contributed by atoms with E-state index in [4.69, 9.17) is 32.7 Å². The van der Waals surface area contributed by atoms with Crippen molar-refractivity contribution >= 4 is 56.8 Å². The van der Waals surface area contributed by atoms with Gasteiger partial charge in [0.25, 0.3) is 5.91 Å². The molecule has 0 spiro atoms. The molecule has 3 rings (SSSR count). The first-order valence-electron chi connectivity index (χ1n) is 10.3. The monoisotopic (exact) mass is 558 g/mol. The molecule has 0 heterocycles. The number of anilines is 1. The van der Waals surface area contributed by atoms with E-state index in [0.717, 1.165) is 5.56 Å². The van der Waals surface area contributed by atoms with Gasteiger partial charge in [-0.2, -0.15) is 5.26 Å². The molecule has 5 nitrogen and oxygen atoms in total. The molecule has 0 aromatic heterocycles. The van der Waals surface area contributed by atoms with Crippen LogP contribution in [0, 0.1) is 11.3 Å². The number of nitrogens with one attached hydrogen (secondary N) is 1. The second-order valence-electron chi connectivity index (χ2n) is 7.53. The Hall–Kier alpha value is -2.98. The zero-order valence-corrected chi connectivity index (χ0v) is 21.5. The number of carbonyl (C=O) groups is 1. The lowest BCUT2D eigenvalue weighted by molar-refractivity contribution is -0.112. The molecule has 174 valence electrons. The summed E-state index contributed by atoms with van der Waals surface area (Å²) in [4.78, 5) is 12.6. The Morgan fingerprint density at radius 1 is 1.15 bits per heavy atom. The quantitative estimate of drug-likeness (QED) is 0.227. The Balaban J connectivity index is 1.70. The van der Waals surface area contributed by atoms with Crippen LogP contribution in [0.25, 0.3) is 6.08 Å². The van der Waals surface area contributed by atoms with Crippen molar-refractivity contribution in [3.8, 4) is 17.6 Å². The van der Waals surface area contributed by atoms with Gasteiger partial charge in [-0.3, -0.25) is 4.79 Å². The van der Waals surface area contributed by atoms with E-state index in [1.807, 2.05) is 19.9 Å². The molecule has 0 aliphatic rings. The fourth-order valence-corrected chi connectivity index (χ4v) is 3.93. The molecule has 3 aromatic carbocycles. The Labute approximate surface area is 217 Å². The topological polar surface area (TPSA) is 71.3 Å². The Kier molecular flexibility index (Phi) is 9.00. The second kappa shape index (κ2) is 11.9. The molecule has 3 aromatic rings. The van der Waals surface area contributed by atoms with Crippen molar-refractivity contribution in [1.82, 2.24) is 0 Å². The fraction of sp³-hybridized carbons (Fsp3) is 0.154. The average Bonchev–Trinajstić information content (AvgIpc) is 2.77. The number of halogens is 3. The third-order valence-corrected chi connectivity index (χ3v) is 5.70. The lowest BCUT2D eigenvalue weighted by atomic mass is 10.1. The largest absolute Gasteiger partial charge is 0.491 e. The Morgan fingerprint density at radius 3 is 2.62 bits per heavy atom. The summed E-state index contributed by atoms with van der Waals surface area (Å²) in [6.07, 6.45) is 1.52. The van der Waals surface area contributed by atoms with Crippen LogP contribution >= 0.6 is 39.1 Å². The van der Waals surface area contributed by atoms with E-state index in [1.54, 1.807) is 60.7 Å². The molecule has 8 heteroatoms. The van der Waals surface area contributed by atoms with Gasteiger partial charge in [0.05, 0.1) is 10.6 Å². The molecule has 34 heavy (non-hydrogen) atoms. The summed E-state index contributed by atoms with van der Waals surface area (Å²) in [7, 11) is 0. The van der Waals surface area contributed by atoms with Gasteiger partial charge in [-0.25, -0.2) is 0 Å². The van der Waals surface area contributed by atoms with Gasteiger partial charge >= 0.3 is 0 Å². The average molecular weight is 560 g/mol. The van der Waals surface area contributed by atoms with Crippen molar-refractivity contribution in [2.24, 2.45) is 0 Å². The first-order valence-corrected chi connectivity index (χ1v) is 11.9. The zero-order valence-electron chi connectivity index (χ0n) is 18.4. The van der Waals surface area contributed by atoms with Gasteiger partial charge in [0.15, 0.2) is 0 Å². The van der Waals surface area contributed by atoms with Crippen LogP contribution in [0.2, 0.25) is 10.0 Å². The fourth-order valence-electron chi connectivity index (χ4n) is 2.95. The molecule has 0 fully saturated rings. The maximum absolute atomic E-state index is 12.6. The van der Waals surface area contributed by atoms with Gasteiger partial charge in [0.2, 0.25) is 0 Å². The number of ether oxygens (including phenoxy) is 2. The van der Waals surface area contributed by atoms with E-state index in [2.05, 4.69) is 21.2 Å². The van der Waals surface area contributed by atoms with Crippen LogP contribution in [-0.2, 0) is 11.4 Å². The normalized spacial score (nSPS) is 11.1. The molecule has 0 saturated heterocycles. The Bertz CT molecular complexity index is 1270. The van der Waals surface area contributed by atoms with Gasteiger partial charge in [-0.05, 0) is 77.8 Å². The molecule has 0 aliphatic heterocycles. The van der Waals surface area contributed by atoms with Crippen LogP contribution in [0.1, 0.15) is 25.0 Å². The smallest absolute Gasteiger partial charge is 0.266 e. The molecule has 0 radical (unpaired) electrons. The number of hydrogen-bond donors (Lipinski definition) is 1. The van der Waals surface area contributed by atoms with Gasteiger partial charge in [0.1, 0.15) is 29.7 Å². The van der Waals surface area contributed by atoms with Crippen LogP contribution in [0.15, 0.2) is 70.7 Å². The van der Waals surface area contributed by atoms with Crippen molar-refractivity contribution in [2.45, 2.75) is 26.6 Å². The Morgan fingerprint density at radius 2 is 1.94 bits per heavy atom. The lowest BCUT2D eigenvalue weighted by Crippen LogP contribution is -2.13. The molecular formula is C26H21BrCl2N2O3. The SMILES string of the molecule is CC(C)Oc1cccc(NC(=O)/C(C#N)=C\c2ccc(OCc3ccc(Cl)cc3Cl)c(Br)c2)c1. The number of benzene rings is 3. The van der Waals surface area contributed by atoms with Gasteiger partial charge in [-0.15, -0.1) is 0 Å². The summed E-state index contributed by atoms with van der Waals surface area (Å²) in [6.45, 7) is 4.10. The number of nitrogens with zero attached hydrogens (tertiary/aromatic N) is 1. The van der Waals surface area contributed by atoms with Crippen LogP contribution in [0.5, 0.6) is 11.5 Å². The van der Waals surface area contributed by atoms with Crippen molar-refractivity contribution in [1.29, 1.82) is 5.26 Å². The van der Waals surface area contributed by atoms with E-state index < -0.39 is 5.91 Å². The highest BCUT2D eigenvalue weighted by Crippen LogP contribution is 2.29. The van der Waals surface area contributed by atoms with Crippen LogP contribution in [-0.4, -0.2) is 12.0 Å². The minimum absolute atomic E-state index is 0.00842. The number of hydrogen-bond acceptors (Lipinski definition) is 4. The van der Waals surface area contributed by atoms with Gasteiger partial charge in [0, 0.05) is 27.4 Å². The minimum Gasteiger partial charge on any atom is -0.491 e. The van der Waals surface area contributed by atoms with Crippen molar-refractivity contribution < 1.29 is 14.3 Å². The van der Waals surface area contributed by atoms with Crippen LogP contribution < -0.4 is 14.8 Å². The highest BCUT2D eigenvalue weighted by Gasteiger charge is 2.12. The first-order chi connectivity index (χ1) is 16.2. The van der Waals surface area contributed by atoms with Crippen molar-refractivity contribution in [2.75, 3.05) is 5.32 Å². The van der Waals surface area contributed by atoms with E-state index in [9.17, 15) is 10.1 Å². The van der Waals surface area contributed by atoms with E-state index in [0.29, 0.717) is 37.3 Å². The summed E-state index contributed by atoms with van der Waals surface area (Å²) >= 11 is 15.6. The third kappa shape index (κ3) is 7.26. The number of nitriles is 1. The number of carbonyl (C=O) groups excluding carboxylic acids is 1. The summed E-state index contributed by atoms with van der Waals surface area (Å²) < 4.78 is 12.2. The maximum Gasteiger partial charge on any atom is 0.266 e. The number of rotatable bonds is 8. The predicted molar refractivity (Wildman–Crippen MR) is 139 cm³/mol. The van der Waals surface area contributed by atoms with Crippen LogP contribution in [0.4, 0.5) is 5.69 Å². The first kappa shape index (κ1) is 25.6. The summed E-state index contributed by atoms with van der Waals surface area (Å²) in [5, 5.41) is 13.3. The molecule has 0 saturated carbocycles. The second-order valence-corrected chi connectivity index (χ2v) is 9.23. The molecule has 0 unspecified atom stereocenters. The van der Waals surface area contributed by atoms with E-state index >= 15 is 0 Å². The van der Waals surface area contributed by atoms with E-state index in [1.165, 1.54) is 6.08 Å². The molecule has 0 aliphatic carbocycles. The molecule has 1 amide bonds. The molecule has 1 N–H and O–H groups in total. The van der Waals surface area contributed by atoms with Crippen molar-refractivity contribution in [3.05, 3.63) is 91.9 Å². The third-order valence-electron chi connectivity index (χ3n) is 4.49. The van der Waals surface area contributed by atoms with Gasteiger partial charge < -0.3 is 14.8 Å².